The number of ether oxygens (including phenoxy) is 1. The van der Waals surface area contributed by atoms with Crippen LogP contribution < -0.4 is 5.32 Å². The van der Waals surface area contributed by atoms with Gasteiger partial charge in [0, 0.05) is 4.88 Å². The summed E-state index contributed by atoms with van der Waals surface area (Å²) in [5, 5.41) is 3.47. The molecule has 1 N–H and O–H groups in total. The van der Waals surface area contributed by atoms with Crippen molar-refractivity contribution in [1.29, 1.82) is 0 Å². The Hall–Kier alpha value is -0.780. The molecular formula is C17H21Cl2NO3S. The molecule has 1 fully saturated rings. The van der Waals surface area contributed by atoms with E-state index in [4.69, 9.17) is 27.9 Å². The lowest BCUT2D eigenvalue weighted by Crippen LogP contribution is -2.26. The Bertz CT molecular complexity index is 686. The quantitative estimate of drug-likeness (QED) is 0.460. The molecule has 1 amide bonds. The lowest BCUT2D eigenvalue weighted by Gasteiger charge is -2.13. The summed E-state index contributed by atoms with van der Waals surface area (Å²) in [5.74, 6) is -0.606. The number of hydrogen-bond acceptors (Lipinski definition) is 4. The lowest BCUT2D eigenvalue weighted by atomic mass is 10.0. The SMILES string of the molecule is CCOC(=O)c1c(NC(=O)[C@]2(C)CC2(Cl)Cl)sc2c1CCCCC2. The highest BCUT2D eigenvalue weighted by atomic mass is 35.5. The maximum absolute atomic E-state index is 12.6. The van der Waals surface area contributed by atoms with Crippen LogP contribution in [-0.2, 0) is 22.4 Å². The molecule has 0 saturated heterocycles. The Morgan fingerprint density at radius 1 is 1.25 bits per heavy atom. The summed E-state index contributed by atoms with van der Waals surface area (Å²) in [7, 11) is 0. The number of halogens is 2. The molecule has 0 radical (unpaired) electrons. The summed E-state index contributed by atoms with van der Waals surface area (Å²) >= 11 is 13.7. The van der Waals surface area contributed by atoms with Crippen LogP contribution in [0.4, 0.5) is 5.00 Å². The van der Waals surface area contributed by atoms with Gasteiger partial charge in [0.1, 0.15) is 9.33 Å². The first-order valence-electron chi connectivity index (χ1n) is 8.31. The van der Waals surface area contributed by atoms with Crippen LogP contribution in [0, 0.1) is 5.41 Å². The van der Waals surface area contributed by atoms with Gasteiger partial charge in [0.05, 0.1) is 17.6 Å². The second-order valence-electron chi connectivity index (χ2n) is 6.66. The molecule has 1 aromatic rings. The van der Waals surface area contributed by atoms with Gasteiger partial charge in [-0.15, -0.1) is 34.5 Å². The first kappa shape index (κ1) is 18.0. The van der Waals surface area contributed by atoms with Crippen LogP contribution in [0.25, 0.3) is 0 Å². The minimum atomic E-state index is -1.03. The molecule has 1 heterocycles. The molecule has 1 aromatic heterocycles. The molecule has 2 aliphatic carbocycles. The van der Waals surface area contributed by atoms with Crippen molar-refractivity contribution in [2.75, 3.05) is 11.9 Å². The number of hydrogen-bond donors (Lipinski definition) is 1. The number of nitrogens with one attached hydrogen (secondary N) is 1. The minimum absolute atomic E-state index is 0.241. The Labute approximate surface area is 155 Å². The van der Waals surface area contributed by atoms with E-state index in [0.717, 1.165) is 37.7 Å². The summed E-state index contributed by atoms with van der Waals surface area (Å²) in [4.78, 5) is 26.2. The van der Waals surface area contributed by atoms with Crippen molar-refractivity contribution in [2.24, 2.45) is 5.41 Å². The van der Waals surface area contributed by atoms with E-state index in [1.54, 1.807) is 13.8 Å². The van der Waals surface area contributed by atoms with Gasteiger partial charge in [-0.1, -0.05) is 6.42 Å². The standard InChI is InChI=1S/C17H21Cl2NO3S/c1-3-23-14(21)12-10-7-5-4-6-8-11(10)24-13(12)20-15(22)16(2)9-17(16,18)19/h3-9H2,1-2H3,(H,20,22)/t16-/m0/s1. The van der Waals surface area contributed by atoms with Crippen molar-refractivity contribution < 1.29 is 14.3 Å². The Balaban J connectivity index is 1.92. The Kier molecular flexibility index (Phi) is 4.89. The second kappa shape index (κ2) is 6.50. The van der Waals surface area contributed by atoms with Crippen molar-refractivity contribution in [3.8, 4) is 0 Å². The van der Waals surface area contributed by atoms with Gasteiger partial charge >= 0.3 is 5.97 Å². The van der Waals surface area contributed by atoms with Gasteiger partial charge in [-0.05, 0) is 51.5 Å². The number of aryl methyl sites for hydroxylation is 1. The molecule has 0 spiro atoms. The highest BCUT2D eigenvalue weighted by molar-refractivity contribution is 7.17. The molecule has 0 aliphatic heterocycles. The molecule has 0 aromatic carbocycles. The first-order chi connectivity index (χ1) is 11.3. The van der Waals surface area contributed by atoms with Crippen LogP contribution in [0.5, 0.6) is 0 Å². The molecule has 3 rings (SSSR count). The fourth-order valence-electron chi connectivity index (χ4n) is 3.14. The van der Waals surface area contributed by atoms with Crippen LogP contribution >= 0.6 is 34.5 Å². The molecule has 7 heteroatoms. The Morgan fingerprint density at radius 3 is 2.54 bits per heavy atom. The van der Waals surface area contributed by atoms with Crippen LogP contribution in [0.3, 0.4) is 0 Å². The van der Waals surface area contributed by atoms with E-state index >= 15 is 0 Å². The average Bonchev–Trinajstić information content (AvgIpc) is 2.97. The number of amides is 1. The van der Waals surface area contributed by atoms with E-state index in [1.807, 2.05) is 0 Å². The summed E-state index contributed by atoms with van der Waals surface area (Å²) in [6.07, 6.45) is 5.51. The smallest absolute Gasteiger partial charge is 0.341 e. The van der Waals surface area contributed by atoms with Crippen molar-refractivity contribution in [3.05, 3.63) is 16.0 Å². The fourth-order valence-corrected chi connectivity index (χ4v) is 5.12. The van der Waals surface area contributed by atoms with Gasteiger partial charge in [0.25, 0.3) is 0 Å². The third kappa shape index (κ3) is 3.06. The number of carbonyl (C=O) groups is 2. The highest BCUT2D eigenvalue weighted by Gasteiger charge is 2.68. The third-order valence-electron chi connectivity index (χ3n) is 4.89. The van der Waals surface area contributed by atoms with Crippen molar-refractivity contribution in [3.63, 3.8) is 0 Å². The van der Waals surface area contributed by atoms with Crippen molar-refractivity contribution in [1.82, 2.24) is 0 Å². The van der Waals surface area contributed by atoms with Gasteiger partial charge in [0.2, 0.25) is 5.91 Å². The minimum Gasteiger partial charge on any atom is -0.462 e. The zero-order chi connectivity index (χ0) is 17.5. The van der Waals surface area contributed by atoms with Gasteiger partial charge in [-0.25, -0.2) is 4.79 Å². The summed E-state index contributed by atoms with van der Waals surface area (Å²) in [5.41, 5.74) is 0.741. The fraction of sp³-hybridized carbons (Fsp3) is 0.647. The van der Waals surface area contributed by atoms with Crippen LogP contribution in [0.1, 0.15) is 60.3 Å². The van der Waals surface area contributed by atoms with Crippen LogP contribution in [0.15, 0.2) is 0 Å². The van der Waals surface area contributed by atoms with E-state index in [2.05, 4.69) is 5.32 Å². The highest BCUT2D eigenvalue weighted by Crippen LogP contribution is 2.64. The molecule has 0 bridgehead atoms. The molecule has 4 nitrogen and oxygen atoms in total. The number of anilines is 1. The van der Waals surface area contributed by atoms with Gasteiger partial charge in [-0.2, -0.15) is 0 Å². The third-order valence-corrected chi connectivity index (χ3v) is 7.20. The Morgan fingerprint density at radius 2 is 1.92 bits per heavy atom. The van der Waals surface area contributed by atoms with E-state index in [1.165, 1.54) is 16.2 Å². The lowest BCUT2D eigenvalue weighted by molar-refractivity contribution is -0.120. The zero-order valence-electron chi connectivity index (χ0n) is 13.8. The van der Waals surface area contributed by atoms with Gasteiger partial charge in [0.15, 0.2) is 0 Å². The number of esters is 1. The predicted octanol–water partition coefficient (Wildman–Crippen LogP) is 4.72. The van der Waals surface area contributed by atoms with E-state index in [0.29, 0.717) is 23.6 Å². The van der Waals surface area contributed by atoms with Crippen LogP contribution in [-0.4, -0.2) is 22.8 Å². The summed E-state index contributed by atoms with van der Waals surface area (Å²) < 4.78 is 4.19. The largest absolute Gasteiger partial charge is 0.462 e. The van der Waals surface area contributed by atoms with E-state index in [-0.39, 0.29) is 11.9 Å². The molecule has 24 heavy (non-hydrogen) atoms. The monoisotopic (exact) mass is 389 g/mol. The van der Waals surface area contributed by atoms with Gasteiger partial charge < -0.3 is 10.1 Å². The number of fused-ring (bicyclic) bond motifs is 1. The zero-order valence-corrected chi connectivity index (χ0v) is 16.2. The maximum Gasteiger partial charge on any atom is 0.341 e. The predicted molar refractivity (Wildman–Crippen MR) is 97.3 cm³/mol. The first-order valence-corrected chi connectivity index (χ1v) is 9.88. The van der Waals surface area contributed by atoms with E-state index in [9.17, 15) is 9.59 Å². The molecule has 0 unspecified atom stereocenters. The van der Waals surface area contributed by atoms with Crippen molar-refractivity contribution >= 4 is 51.4 Å². The van der Waals surface area contributed by atoms with E-state index < -0.39 is 9.75 Å². The maximum atomic E-state index is 12.6. The number of carbonyl (C=O) groups excluding carboxylic acids is 2. The number of rotatable bonds is 4. The molecular weight excluding hydrogens is 369 g/mol. The van der Waals surface area contributed by atoms with Crippen molar-refractivity contribution in [2.45, 2.75) is 56.7 Å². The average molecular weight is 390 g/mol. The number of thiophene rings is 1. The second-order valence-corrected chi connectivity index (χ2v) is 9.25. The molecule has 1 saturated carbocycles. The molecule has 1 atom stereocenters. The summed E-state index contributed by atoms with van der Waals surface area (Å²) in [6, 6.07) is 0. The van der Waals surface area contributed by atoms with Crippen LogP contribution in [0.2, 0.25) is 0 Å². The number of alkyl halides is 2. The summed E-state index contributed by atoms with van der Waals surface area (Å²) in [6.45, 7) is 3.83. The van der Waals surface area contributed by atoms with Gasteiger partial charge in [-0.3, -0.25) is 4.79 Å². The normalized spacial score (nSPS) is 24.7. The molecule has 132 valence electrons. The topological polar surface area (TPSA) is 55.4 Å². The molecule has 2 aliphatic rings.